The minimum absolute atomic E-state index is 0.121. The average Bonchev–Trinajstić information content (AvgIpc) is 3.09. The van der Waals surface area contributed by atoms with Crippen LogP contribution in [-0.2, 0) is 15.3 Å². The van der Waals surface area contributed by atoms with Gasteiger partial charge in [0.15, 0.2) is 0 Å². The average molecular weight is 517 g/mol. The fourth-order valence-corrected chi connectivity index (χ4v) is 6.88. The lowest BCUT2D eigenvalue weighted by atomic mass is 9.92. The summed E-state index contributed by atoms with van der Waals surface area (Å²) in [6.45, 7) is 17.7. The number of hydrogen-bond acceptors (Lipinski definition) is 5. The van der Waals surface area contributed by atoms with Crippen molar-refractivity contribution in [1.82, 2.24) is 20.4 Å². The number of halogens is 1. The first-order valence-electron chi connectivity index (χ1n) is 13.8. The molecule has 2 fully saturated rings. The second kappa shape index (κ2) is 11.7. The van der Waals surface area contributed by atoms with Crippen LogP contribution in [0.4, 0.5) is 0 Å². The van der Waals surface area contributed by atoms with E-state index in [0.29, 0.717) is 5.02 Å². The second-order valence-electron chi connectivity index (χ2n) is 11.6. The van der Waals surface area contributed by atoms with E-state index in [0.717, 1.165) is 86.4 Å². The highest BCUT2D eigenvalue weighted by atomic mass is 35.5. The van der Waals surface area contributed by atoms with Crippen LogP contribution in [0.1, 0.15) is 64.5 Å². The Hall–Kier alpha value is -1.76. The van der Waals surface area contributed by atoms with Crippen LogP contribution in [0.3, 0.4) is 0 Å². The molecule has 200 valence electrons. The smallest absolute Gasteiger partial charge is 0.223 e. The first kappa shape index (κ1) is 27.3. The molecule has 0 radical (unpaired) electrons. The summed E-state index contributed by atoms with van der Waals surface area (Å²) in [6, 6.07) is 5.95. The first-order valence-corrected chi connectivity index (χ1v) is 14.2. The summed E-state index contributed by atoms with van der Waals surface area (Å²) < 4.78 is 6.31. The molecule has 2 N–H and O–H groups in total. The zero-order valence-electron chi connectivity index (χ0n) is 22.8. The number of piperidine rings is 2. The van der Waals surface area contributed by atoms with Crippen molar-refractivity contribution in [1.29, 1.82) is 0 Å². The molecule has 1 unspecified atom stereocenters. The summed E-state index contributed by atoms with van der Waals surface area (Å²) in [4.78, 5) is 17.8. The molecule has 7 heteroatoms. The summed E-state index contributed by atoms with van der Waals surface area (Å²) in [5.74, 6) is 2.83. The molecule has 6 nitrogen and oxygen atoms in total. The minimum Gasteiger partial charge on any atom is -0.467 e. The molecule has 2 saturated heterocycles. The van der Waals surface area contributed by atoms with Gasteiger partial charge in [0.1, 0.15) is 5.76 Å². The topological polar surface area (TPSA) is 56.8 Å². The van der Waals surface area contributed by atoms with E-state index >= 15 is 0 Å². The van der Waals surface area contributed by atoms with Gasteiger partial charge in [0.25, 0.3) is 0 Å². The fraction of sp³-hybridized carbons (Fsp3) is 0.690. The van der Waals surface area contributed by atoms with Crippen molar-refractivity contribution in [3.63, 3.8) is 0 Å². The van der Waals surface area contributed by atoms with Gasteiger partial charge in [-0.3, -0.25) is 9.69 Å². The van der Waals surface area contributed by atoms with E-state index < -0.39 is 5.72 Å². The van der Waals surface area contributed by atoms with Crippen molar-refractivity contribution in [2.45, 2.75) is 66.0 Å². The lowest BCUT2D eigenvalue weighted by Crippen LogP contribution is -2.44. The van der Waals surface area contributed by atoms with Gasteiger partial charge in [-0.2, -0.15) is 0 Å². The van der Waals surface area contributed by atoms with Crippen LogP contribution in [0.2, 0.25) is 5.02 Å². The maximum Gasteiger partial charge on any atom is 0.223 e. The number of carbonyl (C=O) groups excluding carboxylic acids is 1. The van der Waals surface area contributed by atoms with Gasteiger partial charge in [-0.1, -0.05) is 37.6 Å². The van der Waals surface area contributed by atoms with Crippen molar-refractivity contribution in [3.05, 3.63) is 45.8 Å². The molecule has 0 aromatic heterocycles. The quantitative estimate of drug-likeness (QED) is 0.483. The van der Waals surface area contributed by atoms with Gasteiger partial charge in [-0.25, -0.2) is 0 Å². The summed E-state index contributed by atoms with van der Waals surface area (Å²) in [5.41, 5.74) is 2.53. The number of benzene rings is 1. The van der Waals surface area contributed by atoms with E-state index in [9.17, 15) is 4.79 Å². The van der Waals surface area contributed by atoms with Crippen molar-refractivity contribution in [2.24, 2.45) is 17.8 Å². The van der Waals surface area contributed by atoms with E-state index in [1.807, 2.05) is 26.0 Å². The minimum atomic E-state index is -0.662. The highest BCUT2D eigenvalue weighted by Crippen LogP contribution is 2.38. The molecule has 3 atom stereocenters. The first-order chi connectivity index (χ1) is 17.1. The zero-order valence-corrected chi connectivity index (χ0v) is 23.6. The molecule has 0 saturated carbocycles. The number of ether oxygens (including phenoxy) is 1. The predicted molar refractivity (Wildman–Crippen MR) is 147 cm³/mol. The summed E-state index contributed by atoms with van der Waals surface area (Å²) in [6.07, 6.45) is 4.18. The Morgan fingerprint density at radius 3 is 2.53 bits per heavy atom. The van der Waals surface area contributed by atoms with E-state index in [2.05, 4.69) is 47.3 Å². The van der Waals surface area contributed by atoms with Gasteiger partial charge < -0.3 is 20.3 Å². The maximum atomic E-state index is 12.8. The van der Waals surface area contributed by atoms with Gasteiger partial charge in [0.2, 0.25) is 11.6 Å². The molecule has 0 bridgehead atoms. The monoisotopic (exact) mass is 516 g/mol. The molecular weight excluding hydrogens is 472 g/mol. The largest absolute Gasteiger partial charge is 0.467 e. The third kappa shape index (κ3) is 6.56. The lowest BCUT2D eigenvalue weighted by Gasteiger charge is -2.35. The highest BCUT2D eigenvalue weighted by Gasteiger charge is 2.39. The summed E-state index contributed by atoms with van der Waals surface area (Å²) in [5, 5.41) is 7.54. The standard InChI is InChI=1S/C29H45ClN4O2/c1-20-16-21(2)18-34(17-20)13-7-12-31-28(35)24-10-14-33(15-11-24)19-26-23(4)36-29(5,32-26)27-22(3)8-6-9-25(27)30/h6,8-9,20-21,24,32H,7,10-19H2,1-5H3,(H,31,35)/t20-,21+,29?. The third-order valence-electron chi connectivity index (χ3n) is 8.11. The number of aryl methyl sites for hydroxylation is 1. The molecule has 3 aliphatic rings. The van der Waals surface area contributed by atoms with Crippen molar-refractivity contribution in [2.75, 3.05) is 45.8 Å². The van der Waals surface area contributed by atoms with Crippen molar-refractivity contribution in [3.8, 4) is 0 Å². The Labute approximate surface area is 222 Å². The SMILES string of the molecule is CC1=C(CN2CCC(C(=O)NCCCN3C[C@H](C)C[C@H](C)C3)CC2)NC(C)(c2c(C)cccc2Cl)O1. The van der Waals surface area contributed by atoms with Crippen LogP contribution in [-0.4, -0.2) is 61.5 Å². The van der Waals surface area contributed by atoms with E-state index in [-0.39, 0.29) is 11.8 Å². The molecule has 0 aliphatic carbocycles. The fourth-order valence-electron chi connectivity index (χ4n) is 6.48. The van der Waals surface area contributed by atoms with E-state index in [4.69, 9.17) is 16.3 Å². The zero-order chi connectivity index (χ0) is 25.9. The van der Waals surface area contributed by atoms with Gasteiger partial charge >= 0.3 is 0 Å². The molecular formula is C29H45ClN4O2. The van der Waals surface area contributed by atoms with Gasteiger partial charge in [0.05, 0.1) is 5.70 Å². The predicted octanol–water partition coefficient (Wildman–Crippen LogP) is 4.87. The number of amides is 1. The molecule has 0 spiro atoms. The van der Waals surface area contributed by atoms with Gasteiger partial charge in [-0.15, -0.1) is 0 Å². The number of rotatable bonds is 8. The molecule has 3 aliphatic heterocycles. The summed E-state index contributed by atoms with van der Waals surface area (Å²) in [7, 11) is 0. The Bertz CT molecular complexity index is 928. The third-order valence-corrected chi connectivity index (χ3v) is 8.42. The molecule has 4 rings (SSSR count). The Balaban J connectivity index is 1.19. The number of likely N-dealkylation sites (tertiary alicyclic amines) is 2. The number of carbonyl (C=O) groups is 1. The van der Waals surface area contributed by atoms with Crippen molar-refractivity contribution < 1.29 is 9.53 Å². The highest BCUT2D eigenvalue weighted by molar-refractivity contribution is 6.31. The molecule has 1 aromatic rings. The molecule has 3 heterocycles. The van der Waals surface area contributed by atoms with Crippen LogP contribution in [0.15, 0.2) is 29.7 Å². The Kier molecular flexibility index (Phi) is 8.90. The molecule has 1 amide bonds. The number of nitrogens with zero attached hydrogens (tertiary/aromatic N) is 2. The Morgan fingerprint density at radius 1 is 1.17 bits per heavy atom. The number of nitrogens with one attached hydrogen (secondary N) is 2. The molecule has 36 heavy (non-hydrogen) atoms. The number of allylic oxidation sites excluding steroid dienone is 1. The Morgan fingerprint density at radius 2 is 1.86 bits per heavy atom. The lowest BCUT2D eigenvalue weighted by molar-refractivity contribution is -0.126. The van der Waals surface area contributed by atoms with Crippen molar-refractivity contribution >= 4 is 17.5 Å². The second-order valence-corrected chi connectivity index (χ2v) is 12.0. The normalized spacial score (nSPS) is 28.2. The number of hydrogen-bond donors (Lipinski definition) is 2. The van der Waals surface area contributed by atoms with E-state index in [1.54, 1.807) is 0 Å². The van der Waals surface area contributed by atoms with Crippen LogP contribution in [0.25, 0.3) is 0 Å². The van der Waals surface area contributed by atoms with Crippen LogP contribution in [0, 0.1) is 24.7 Å². The molecule has 1 aromatic carbocycles. The van der Waals surface area contributed by atoms with Crippen LogP contribution in [0.5, 0.6) is 0 Å². The van der Waals surface area contributed by atoms with Gasteiger partial charge in [-0.05, 0) is 89.6 Å². The van der Waals surface area contributed by atoms with Crippen LogP contribution < -0.4 is 10.6 Å². The van der Waals surface area contributed by atoms with E-state index in [1.165, 1.54) is 19.5 Å². The summed E-state index contributed by atoms with van der Waals surface area (Å²) >= 11 is 6.54. The van der Waals surface area contributed by atoms with Crippen LogP contribution >= 0.6 is 11.6 Å². The van der Waals surface area contributed by atoms with Gasteiger partial charge in [0, 0.05) is 42.7 Å². The maximum absolute atomic E-state index is 12.8.